The summed E-state index contributed by atoms with van der Waals surface area (Å²) in [6, 6.07) is 0. The first-order chi connectivity index (χ1) is 25.3. The Morgan fingerprint density at radius 2 is 0.611 bits per heavy atom. The number of hydrogen-bond acceptors (Lipinski definition) is 7. The molecule has 0 saturated heterocycles. The highest BCUT2D eigenvalue weighted by atomic mass is 31.3. The van der Waals surface area contributed by atoms with Gasteiger partial charge in [-0.3, -0.25) is 8.88 Å². The van der Waals surface area contributed by atoms with Crippen molar-refractivity contribution in [1.29, 1.82) is 0 Å². The van der Waals surface area contributed by atoms with Crippen molar-refractivity contribution in [2.45, 2.75) is 172 Å². The van der Waals surface area contributed by atoms with Gasteiger partial charge in [0.25, 0.3) is 7.82 Å². The van der Waals surface area contributed by atoms with Crippen LogP contribution in [0.3, 0.4) is 0 Å². The van der Waals surface area contributed by atoms with Crippen LogP contribution >= 0.6 is 15.6 Å². The van der Waals surface area contributed by atoms with E-state index in [2.05, 4.69) is 120 Å². The van der Waals surface area contributed by atoms with Gasteiger partial charge in [0.05, 0.1) is 14.4 Å². The zero-order valence-corrected chi connectivity index (χ0v) is 37.3. The molecule has 0 aromatic rings. The molecule has 0 amide bonds. The molecule has 1 unspecified atom stereocenters. The lowest BCUT2D eigenvalue weighted by molar-refractivity contribution is -0.339. The van der Waals surface area contributed by atoms with Gasteiger partial charge in [-0.05, 0) is 172 Å². The summed E-state index contributed by atoms with van der Waals surface area (Å²) in [5.41, 5.74) is 12.4. The highest BCUT2D eigenvalue weighted by Gasteiger charge is 2.10. The molecule has 9 heteroatoms. The third kappa shape index (κ3) is 34.4. The first kappa shape index (κ1) is 51.9. The second-order valence-electron chi connectivity index (χ2n) is 15.3. The Morgan fingerprint density at radius 3 is 0.833 bits per heavy atom. The second kappa shape index (κ2) is 30.1. The van der Waals surface area contributed by atoms with E-state index in [1.165, 1.54) is 57.1 Å². The van der Waals surface area contributed by atoms with Crippen LogP contribution in [-0.4, -0.2) is 6.61 Å². The van der Waals surface area contributed by atoms with Crippen LogP contribution in [0.4, 0.5) is 0 Å². The maximum atomic E-state index is 11.3. The van der Waals surface area contributed by atoms with E-state index < -0.39 is 22.3 Å². The fourth-order valence-corrected chi connectivity index (χ4v) is 7.07. The summed E-state index contributed by atoms with van der Waals surface area (Å²) in [4.78, 5) is 32.2. The van der Waals surface area contributed by atoms with E-state index in [-0.39, 0.29) is 0 Å². The zero-order chi connectivity index (χ0) is 41.0. The Labute approximate surface area is 330 Å². The molecular weight excluding hydrogens is 714 g/mol. The van der Waals surface area contributed by atoms with Crippen LogP contribution < -0.4 is 14.7 Å². The summed E-state index contributed by atoms with van der Waals surface area (Å²) in [6.45, 7) is 21.4. The number of phosphoric acid groups is 2. The zero-order valence-electron chi connectivity index (χ0n) is 35.5. The van der Waals surface area contributed by atoms with Gasteiger partial charge in [-0.1, -0.05) is 105 Å². The molecule has 7 nitrogen and oxygen atoms in total. The molecular formula is C45H73O7P2-3. The SMILES string of the molecule is CC(C)=CCC/C(C)=C/CC/C(C)=C\CC/C(C)=C\CC/C(C)=C\CC/C(C)=C\CC/C(C)=C\CC/C(C)=C\CC/C(C)=C\COP(=O)([O-])OP(=O)([O-])[O-]. The maximum absolute atomic E-state index is 11.3. The molecule has 0 aliphatic heterocycles. The minimum absolute atomic E-state index is 0.390. The van der Waals surface area contributed by atoms with E-state index in [0.29, 0.717) is 6.42 Å². The van der Waals surface area contributed by atoms with E-state index >= 15 is 0 Å². The minimum atomic E-state index is -5.67. The Hall–Kier alpha value is -2.08. The van der Waals surface area contributed by atoms with Gasteiger partial charge in [-0.2, -0.15) is 0 Å². The fourth-order valence-electron chi connectivity index (χ4n) is 5.65. The molecule has 0 aromatic carbocycles. The topological polar surface area (TPSA) is 122 Å². The van der Waals surface area contributed by atoms with E-state index in [9.17, 15) is 23.8 Å². The molecule has 0 fully saturated rings. The first-order valence-electron chi connectivity index (χ1n) is 19.9. The van der Waals surface area contributed by atoms with Gasteiger partial charge in [-0.25, -0.2) is 0 Å². The quantitative estimate of drug-likeness (QED) is 0.0546. The van der Waals surface area contributed by atoms with Crippen molar-refractivity contribution in [1.82, 2.24) is 0 Å². The number of phosphoric ester groups is 1. The van der Waals surface area contributed by atoms with Crippen LogP contribution in [0.15, 0.2) is 105 Å². The van der Waals surface area contributed by atoms with Crippen molar-refractivity contribution in [2.75, 3.05) is 6.61 Å². The molecule has 0 aromatic heterocycles. The van der Waals surface area contributed by atoms with E-state index in [1.807, 2.05) is 6.92 Å². The average Bonchev–Trinajstić information content (AvgIpc) is 3.03. The molecule has 0 bridgehead atoms. The lowest BCUT2D eigenvalue weighted by atomic mass is 10.0. The molecule has 54 heavy (non-hydrogen) atoms. The van der Waals surface area contributed by atoms with Gasteiger partial charge in [0.15, 0.2) is 0 Å². The summed E-state index contributed by atoms with van der Waals surface area (Å²) >= 11 is 0. The van der Waals surface area contributed by atoms with Gasteiger partial charge in [0.2, 0.25) is 0 Å². The first-order valence-corrected chi connectivity index (χ1v) is 22.8. The normalized spacial score (nSPS) is 15.9. The fraction of sp³-hybridized carbons (Fsp3) is 0.600. The van der Waals surface area contributed by atoms with Gasteiger partial charge < -0.3 is 23.8 Å². The smallest absolute Gasteiger partial charge is 0.272 e. The summed E-state index contributed by atoms with van der Waals surface area (Å²) < 4.78 is 29.6. The van der Waals surface area contributed by atoms with Crippen LogP contribution in [0.1, 0.15) is 172 Å². The summed E-state index contributed by atoms with van der Waals surface area (Å²) in [5.74, 6) is 0. The van der Waals surface area contributed by atoms with Crippen LogP contribution in [0.25, 0.3) is 0 Å². The Bertz CT molecular complexity index is 1470. The van der Waals surface area contributed by atoms with Crippen molar-refractivity contribution in [3.05, 3.63) is 105 Å². The molecule has 0 aliphatic carbocycles. The Morgan fingerprint density at radius 1 is 0.389 bits per heavy atom. The molecule has 0 N–H and O–H groups in total. The van der Waals surface area contributed by atoms with Crippen LogP contribution in [0.2, 0.25) is 0 Å². The van der Waals surface area contributed by atoms with Gasteiger partial charge in [-0.15, -0.1) is 0 Å². The number of rotatable bonds is 29. The van der Waals surface area contributed by atoms with Crippen LogP contribution in [-0.2, 0) is 18.0 Å². The summed E-state index contributed by atoms with van der Waals surface area (Å²) in [6.07, 6.45) is 37.4. The molecule has 0 radical (unpaired) electrons. The monoisotopic (exact) mass is 787 g/mol. The van der Waals surface area contributed by atoms with Crippen molar-refractivity contribution in [3.63, 3.8) is 0 Å². The largest absolute Gasteiger partial charge is 0.790 e. The van der Waals surface area contributed by atoms with Gasteiger partial charge >= 0.3 is 0 Å². The molecule has 1 atom stereocenters. The Kier molecular flexibility index (Phi) is 28.9. The standard InChI is InChI=1S/C45H76O7P2/c1-37(2)19-11-20-38(3)21-12-22-39(4)23-13-24-40(5)25-14-26-41(6)27-15-28-42(7)29-16-30-43(8)31-17-32-44(9)33-18-34-45(10)35-36-51-54(49,50)52-53(46,47)48/h19,21,23,25,27,29,31,33,35H,11-18,20,22,24,26,28,30,32,34,36H2,1-10H3,(H,49,50)(H2,46,47,48)/p-3/b38-21+,39-23-,40-25-,41-27-,42-29-,43-31-,44-33-,45-35-. The Balaban J connectivity index is 4.29. The molecule has 0 aliphatic rings. The van der Waals surface area contributed by atoms with Crippen molar-refractivity contribution in [2.24, 2.45) is 0 Å². The minimum Gasteiger partial charge on any atom is -0.790 e. The highest BCUT2D eigenvalue weighted by Crippen LogP contribution is 2.50. The third-order valence-electron chi connectivity index (χ3n) is 9.18. The predicted octanol–water partition coefficient (Wildman–Crippen LogP) is 13.1. The lowest BCUT2D eigenvalue weighted by Crippen LogP contribution is -2.19. The van der Waals surface area contributed by atoms with Gasteiger partial charge in [0.1, 0.15) is 0 Å². The van der Waals surface area contributed by atoms with Crippen molar-refractivity contribution >= 4 is 15.6 Å². The van der Waals surface area contributed by atoms with Crippen LogP contribution in [0, 0.1) is 0 Å². The predicted molar refractivity (Wildman–Crippen MR) is 226 cm³/mol. The molecule has 0 heterocycles. The summed E-state index contributed by atoms with van der Waals surface area (Å²) in [5, 5.41) is 0. The molecule has 0 rings (SSSR count). The molecule has 308 valence electrons. The third-order valence-corrected chi connectivity index (χ3v) is 11.2. The average molecular weight is 788 g/mol. The van der Waals surface area contributed by atoms with Crippen molar-refractivity contribution in [3.8, 4) is 0 Å². The summed E-state index contributed by atoms with van der Waals surface area (Å²) in [7, 11) is -10.8. The van der Waals surface area contributed by atoms with E-state index in [0.717, 1.165) is 95.5 Å². The second-order valence-corrected chi connectivity index (χ2v) is 18.0. The van der Waals surface area contributed by atoms with Crippen LogP contribution in [0.5, 0.6) is 0 Å². The maximum Gasteiger partial charge on any atom is 0.272 e. The molecule has 0 spiro atoms. The van der Waals surface area contributed by atoms with E-state index in [1.54, 1.807) is 0 Å². The van der Waals surface area contributed by atoms with Gasteiger partial charge in [0, 0.05) is 0 Å². The number of allylic oxidation sites excluding steroid dienone is 17. The molecule has 0 saturated carbocycles. The van der Waals surface area contributed by atoms with Crippen molar-refractivity contribution < 1.29 is 32.6 Å². The highest BCUT2D eigenvalue weighted by molar-refractivity contribution is 7.58. The van der Waals surface area contributed by atoms with E-state index in [4.69, 9.17) is 0 Å². The lowest BCUT2D eigenvalue weighted by Gasteiger charge is -2.34. The number of hydrogen-bond donors (Lipinski definition) is 0.